The summed E-state index contributed by atoms with van der Waals surface area (Å²) in [5, 5.41) is 0. The van der Waals surface area contributed by atoms with Crippen molar-refractivity contribution in [3.63, 3.8) is 0 Å². The van der Waals surface area contributed by atoms with E-state index in [-0.39, 0.29) is 6.42 Å². The Labute approximate surface area is 58.5 Å². The molecule has 1 amide bonds. The second-order valence-corrected chi connectivity index (χ2v) is 1.40. The summed E-state index contributed by atoms with van der Waals surface area (Å²) in [5.74, 6) is 0.430. The Morgan fingerprint density at radius 3 is 2.70 bits per heavy atom. The first kappa shape index (κ1) is 8.50. The number of hydrogen-bond acceptors (Lipinski definition) is 3. The summed E-state index contributed by atoms with van der Waals surface area (Å²) < 4.78 is 0. The Kier molecular flexibility index (Phi) is 3.73. The van der Waals surface area contributed by atoms with Crippen molar-refractivity contribution in [2.75, 3.05) is 0 Å². The normalized spacial score (nSPS) is 7.60. The summed E-state index contributed by atoms with van der Waals surface area (Å²) in [6.07, 6.45) is 4.85. The van der Waals surface area contributed by atoms with E-state index in [1.54, 1.807) is 18.3 Å². The first-order valence-electron chi connectivity index (χ1n) is 2.67. The smallest absolute Gasteiger partial charge is 0.332 e. The molecule has 0 spiro atoms. The minimum Gasteiger partial charge on any atom is -0.340 e. The molecule has 1 N–H and O–H groups in total. The highest BCUT2D eigenvalue weighted by molar-refractivity contribution is 5.92. The molecule has 0 aliphatic heterocycles. The number of terminal acetylenes is 1. The number of hydroxylamine groups is 1. The largest absolute Gasteiger partial charge is 0.340 e. The molecule has 54 valence electrons. The molecule has 0 radical (unpaired) electrons. The van der Waals surface area contributed by atoms with Crippen molar-refractivity contribution in [1.82, 2.24) is 5.48 Å². The molecule has 0 aromatic carbocycles. The van der Waals surface area contributed by atoms with Crippen LogP contribution in [0.3, 0.4) is 0 Å². The molecular weight excluding hydrogens is 134 g/mol. The van der Waals surface area contributed by atoms with Gasteiger partial charge in [0.25, 0.3) is 0 Å². The third-order valence-corrected chi connectivity index (χ3v) is 0.677. The quantitative estimate of drug-likeness (QED) is 0.399. The summed E-state index contributed by atoms with van der Waals surface area (Å²) in [6, 6.07) is 0. The van der Waals surface area contributed by atoms with E-state index in [1.807, 2.05) is 0 Å². The fourth-order valence-corrected chi connectivity index (χ4v) is 0.205. The fourth-order valence-electron chi connectivity index (χ4n) is 0.205. The molecule has 10 heavy (non-hydrogen) atoms. The zero-order chi connectivity index (χ0) is 7.98. The Hall–Kier alpha value is -1.50. The van der Waals surface area contributed by atoms with Crippen molar-refractivity contribution in [3.8, 4) is 12.3 Å². The maximum atomic E-state index is 10.3. The van der Waals surface area contributed by atoms with Crippen LogP contribution in [0.15, 0.2) is 0 Å². The van der Waals surface area contributed by atoms with Crippen LogP contribution in [0.2, 0.25) is 0 Å². The Bertz CT molecular complexity index is 180. The van der Waals surface area contributed by atoms with Gasteiger partial charge < -0.3 is 4.84 Å². The van der Waals surface area contributed by atoms with Crippen molar-refractivity contribution in [2.45, 2.75) is 13.3 Å². The van der Waals surface area contributed by atoms with Gasteiger partial charge in [0.2, 0.25) is 0 Å². The minimum atomic E-state index is -0.762. The summed E-state index contributed by atoms with van der Waals surface area (Å²) >= 11 is 0. The van der Waals surface area contributed by atoms with Gasteiger partial charge in [0, 0.05) is 6.42 Å². The zero-order valence-electron chi connectivity index (χ0n) is 5.51. The molecule has 0 rings (SSSR count). The van der Waals surface area contributed by atoms with Gasteiger partial charge in [-0.15, -0.1) is 6.42 Å². The third kappa shape index (κ3) is 3.50. The standard InChI is InChI=1S/C6H7NO3/c1-3-5(8)7-10-6(9)4-2/h1H,4H2,2H3,(H,7,8). The summed E-state index contributed by atoms with van der Waals surface area (Å²) in [5.41, 5.74) is 1.76. The van der Waals surface area contributed by atoms with E-state index in [0.29, 0.717) is 0 Å². The van der Waals surface area contributed by atoms with E-state index in [0.717, 1.165) is 0 Å². The maximum absolute atomic E-state index is 10.3. The van der Waals surface area contributed by atoms with Crippen molar-refractivity contribution in [1.29, 1.82) is 0 Å². The van der Waals surface area contributed by atoms with Crippen LogP contribution in [0.5, 0.6) is 0 Å². The molecule has 0 aromatic heterocycles. The molecule has 4 nitrogen and oxygen atoms in total. The van der Waals surface area contributed by atoms with Gasteiger partial charge in [-0.05, 0) is 5.92 Å². The van der Waals surface area contributed by atoms with Gasteiger partial charge in [0.15, 0.2) is 0 Å². The molecule has 0 saturated carbocycles. The van der Waals surface area contributed by atoms with Crippen LogP contribution in [-0.2, 0) is 14.4 Å². The van der Waals surface area contributed by atoms with Crippen molar-refractivity contribution < 1.29 is 14.4 Å². The van der Waals surface area contributed by atoms with Gasteiger partial charge in [-0.1, -0.05) is 6.92 Å². The molecule has 0 saturated heterocycles. The first-order valence-corrected chi connectivity index (χ1v) is 2.67. The van der Waals surface area contributed by atoms with E-state index in [4.69, 9.17) is 0 Å². The number of amides is 1. The lowest BCUT2D eigenvalue weighted by atomic mass is 10.5. The molecule has 0 aliphatic rings. The lowest BCUT2D eigenvalue weighted by molar-refractivity contribution is -0.155. The SMILES string of the molecule is C#CC(=O)NOC(=O)CC. The molecule has 4 heteroatoms. The van der Waals surface area contributed by atoms with Crippen LogP contribution in [0.25, 0.3) is 0 Å². The average molecular weight is 141 g/mol. The fraction of sp³-hybridized carbons (Fsp3) is 0.333. The third-order valence-electron chi connectivity index (χ3n) is 0.677. The van der Waals surface area contributed by atoms with Crippen LogP contribution < -0.4 is 5.48 Å². The monoisotopic (exact) mass is 141 g/mol. The molecule has 0 unspecified atom stereocenters. The van der Waals surface area contributed by atoms with Crippen LogP contribution in [-0.4, -0.2) is 11.9 Å². The molecule has 0 aromatic rings. The molecule has 0 heterocycles. The number of rotatable bonds is 1. The van der Waals surface area contributed by atoms with Crippen molar-refractivity contribution in [2.24, 2.45) is 0 Å². The van der Waals surface area contributed by atoms with Gasteiger partial charge in [0.1, 0.15) is 0 Å². The molecule has 0 atom stereocenters. The van der Waals surface area contributed by atoms with Gasteiger partial charge in [0.05, 0.1) is 0 Å². The lowest BCUT2D eigenvalue weighted by Crippen LogP contribution is -2.24. The average Bonchev–Trinajstić information content (AvgIpc) is 1.99. The summed E-state index contributed by atoms with van der Waals surface area (Å²) in [6.45, 7) is 1.60. The van der Waals surface area contributed by atoms with Crippen LogP contribution in [0, 0.1) is 12.3 Å². The van der Waals surface area contributed by atoms with E-state index in [2.05, 4.69) is 11.3 Å². The summed E-state index contributed by atoms with van der Waals surface area (Å²) in [4.78, 5) is 24.7. The van der Waals surface area contributed by atoms with Gasteiger partial charge in [-0.2, -0.15) is 5.48 Å². The Morgan fingerprint density at radius 2 is 2.30 bits per heavy atom. The first-order chi connectivity index (χ1) is 4.70. The van der Waals surface area contributed by atoms with Crippen LogP contribution in [0.1, 0.15) is 13.3 Å². The van der Waals surface area contributed by atoms with Gasteiger partial charge >= 0.3 is 11.9 Å². The van der Waals surface area contributed by atoms with E-state index < -0.39 is 11.9 Å². The van der Waals surface area contributed by atoms with Gasteiger partial charge in [-0.25, -0.2) is 4.79 Å². The van der Waals surface area contributed by atoms with E-state index in [1.165, 1.54) is 0 Å². The van der Waals surface area contributed by atoms with E-state index in [9.17, 15) is 9.59 Å². The van der Waals surface area contributed by atoms with Crippen LogP contribution in [0.4, 0.5) is 0 Å². The Morgan fingerprint density at radius 1 is 1.70 bits per heavy atom. The van der Waals surface area contributed by atoms with Crippen molar-refractivity contribution >= 4 is 11.9 Å². The predicted octanol–water partition coefficient (Wildman–Crippen LogP) is -0.396. The topological polar surface area (TPSA) is 55.4 Å². The Balaban J connectivity index is 3.48. The predicted molar refractivity (Wildman–Crippen MR) is 33.4 cm³/mol. The lowest BCUT2D eigenvalue weighted by Gasteiger charge is -1.98. The number of hydrogen-bond donors (Lipinski definition) is 1. The second kappa shape index (κ2) is 4.39. The van der Waals surface area contributed by atoms with Crippen molar-refractivity contribution in [3.05, 3.63) is 0 Å². The van der Waals surface area contributed by atoms with Crippen LogP contribution >= 0.6 is 0 Å². The maximum Gasteiger partial charge on any atom is 0.332 e. The highest BCUT2D eigenvalue weighted by Gasteiger charge is 1.99. The second-order valence-electron chi connectivity index (χ2n) is 1.40. The highest BCUT2D eigenvalue weighted by atomic mass is 16.7. The molecule has 0 fully saturated rings. The number of carbonyl (C=O) groups is 2. The number of carbonyl (C=O) groups excluding carboxylic acids is 2. The highest BCUT2D eigenvalue weighted by Crippen LogP contribution is 1.78. The van der Waals surface area contributed by atoms with Gasteiger partial charge in [-0.3, -0.25) is 4.79 Å². The molecule has 0 aliphatic carbocycles. The summed E-state index contributed by atoms with van der Waals surface area (Å²) in [7, 11) is 0. The number of nitrogens with one attached hydrogen (secondary N) is 1. The van der Waals surface area contributed by atoms with E-state index >= 15 is 0 Å². The zero-order valence-corrected chi connectivity index (χ0v) is 5.51. The minimum absolute atomic E-state index is 0.199. The molecular formula is C6H7NO3. The molecule has 0 bridgehead atoms.